The lowest BCUT2D eigenvalue weighted by Gasteiger charge is -2.24. The number of hydrogen-bond donors (Lipinski definition) is 0. The summed E-state index contributed by atoms with van der Waals surface area (Å²) in [5.74, 6) is -1.25. The average molecular weight is 316 g/mol. The maximum atomic E-state index is 12.7. The van der Waals surface area contributed by atoms with E-state index in [0.717, 1.165) is 0 Å². The van der Waals surface area contributed by atoms with Crippen molar-refractivity contribution in [2.45, 2.75) is 6.92 Å². The summed E-state index contributed by atoms with van der Waals surface area (Å²) < 4.78 is 15.4. The highest BCUT2D eigenvalue weighted by atomic mass is 16.5. The summed E-state index contributed by atoms with van der Waals surface area (Å²) in [7, 11) is 4.07. The Kier molecular flexibility index (Phi) is 4.64. The average Bonchev–Trinajstić information content (AvgIpc) is 2.55. The zero-order valence-corrected chi connectivity index (χ0v) is 13.3. The lowest BCUT2D eigenvalue weighted by atomic mass is 9.82. The maximum absolute atomic E-state index is 12.7. The van der Waals surface area contributed by atoms with E-state index in [-0.39, 0.29) is 34.0 Å². The third-order valence-corrected chi connectivity index (χ3v) is 3.45. The number of Topliss-reactive ketones (excluding diaryl/α,β-unsaturated/α-hetero) is 2. The molecule has 0 atom stereocenters. The van der Waals surface area contributed by atoms with Gasteiger partial charge in [-0.25, -0.2) is 0 Å². The molecule has 0 N–H and O–H groups in total. The standard InChI is InChI=1S/C17H16O6/c1-5-6-10(18)9-7-11(21-2)15-14(16(9)19)12(22-3)8-13(23-4)17(15)20/h5-8H,1-4H3/b6-5+. The Morgan fingerprint density at radius 3 is 2.00 bits per heavy atom. The fourth-order valence-electron chi connectivity index (χ4n) is 2.38. The molecule has 0 spiro atoms. The Balaban J connectivity index is 2.75. The van der Waals surface area contributed by atoms with Crippen molar-refractivity contribution in [1.29, 1.82) is 0 Å². The van der Waals surface area contributed by atoms with E-state index in [2.05, 4.69) is 0 Å². The summed E-state index contributed by atoms with van der Waals surface area (Å²) in [6.45, 7) is 1.67. The number of rotatable bonds is 5. The zero-order chi connectivity index (χ0) is 17.1. The van der Waals surface area contributed by atoms with Crippen LogP contribution in [0.3, 0.4) is 0 Å². The van der Waals surface area contributed by atoms with Crippen LogP contribution >= 0.6 is 0 Å². The predicted octanol–water partition coefficient (Wildman–Crippen LogP) is 1.55. The summed E-state index contributed by atoms with van der Waals surface area (Å²) in [5.41, 5.74) is -0.0495. The maximum Gasteiger partial charge on any atom is 0.232 e. The molecule has 0 radical (unpaired) electrons. The lowest BCUT2D eigenvalue weighted by Crippen LogP contribution is -2.28. The van der Waals surface area contributed by atoms with Gasteiger partial charge in [0.05, 0.1) is 38.0 Å². The first-order valence-corrected chi connectivity index (χ1v) is 6.80. The number of ether oxygens (including phenoxy) is 3. The van der Waals surface area contributed by atoms with Crippen LogP contribution in [0.2, 0.25) is 0 Å². The predicted molar refractivity (Wildman–Crippen MR) is 81.1 cm³/mol. The van der Waals surface area contributed by atoms with Crippen LogP contribution in [0.15, 0.2) is 58.3 Å². The molecule has 120 valence electrons. The molecule has 0 aliphatic heterocycles. The largest absolute Gasteiger partial charge is 0.496 e. The van der Waals surface area contributed by atoms with Crippen molar-refractivity contribution in [3.8, 4) is 0 Å². The van der Waals surface area contributed by atoms with Gasteiger partial charge in [0.2, 0.25) is 11.6 Å². The second-order valence-electron chi connectivity index (χ2n) is 4.68. The molecule has 23 heavy (non-hydrogen) atoms. The molecule has 0 heterocycles. The molecular weight excluding hydrogens is 300 g/mol. The molecular formula is C17H16O6. The molecule has 6 nitrogen and oxygen atoms in total. The van der Waals surface area contributed by atoms with Gasteiger partial charge in [-0.05, 0) is 19.1 Å². The minimum atomic E-state index is -0.583. The Morgan fingerprint density at radius 2 is 1.48 bits per heavy atom. The van der Waals surface area contributed by atoms with E-state index in [9.17, 15) is 14.4 Å². The topological polar surface area (TPSA) is 78.9 Å². The molecule has 0 fully saturated rings. The van der Waals surface area contributed by atoms with Crippen LogP contribution in [-0.4, -0.2) is 38.7 Å². The fraction of sp³-hybridized carbons (Fsp3) is 0.235. The summed E-state index contributed by atoms with van der Waals surface area (Å²) >= 11 is 0. The molecule has 0 aromatic carbocycles. The van der Waals surface area contributed by atoms with Crippen molar-refractivity contribution < 1.29 is 28.6 Å². The Bertz CT molecular complexity index is 743. The van der Waals surface area contributed by atoms with Crippen molar-refractivity contribution in [2.75, 3.05) is 21.3 Å². The molecule has 0 aromatic heterocycles. The van der Waals surface area contributed by atoms with Crippen molar-refractivity contribution in [2.24, 2.45) is 0 Å². The number of hydrogen-bond acceptors (Lipinski definition) is 6. The molecule has 6 heteroatoms. The second-order valence-corrected chi connectivity index (χ2v) is 4.68. The first kappa shape index (κ1) is 16.5. The Labute approximate surface area is 133 Å². The number of methoxy groups -OCH3 is 3. The highest BCUT2D eigenvalue weighted by Gasteiger charge is 2.40. The van der Waals surface area contributed by atoms with Crippen LogP contribution in [-0.2, 0) is 28.6 Å². The smallest absolute Gasteiger partial charge is 0.232 e. The molecule has 2 aliphatic carbocycles. The van der Waals surface area contributed by atoms with E-state index >= 15 is 0 Å². The molecule has 2 rings (SSSR count). The SMILES string of the molecule is C/C=C/C(=O)C1=CC(OC)=C2C(=O)C(OC)=CC(OC)=C2C1=O. The van der Waals surface area contributed by atoms with Crippen molar-refractivity contribution in [3.05, 3.63) is 58.3 Å². The van der Waals surface area contributed by atoms with Crippen LogP contribution in [0.1, 0.15) is 6.92 Å². The zero-order valence-electron chi connectivity index (χ0n) is 13.3. The van der Waals surface area contributed by atoms with Crippen molar-refractivity contribution in [1.82, 2.24) is 0 Å². The normalized spacial score (nSPS) is 17.9. The van der Waals surface area contributed by atoms with E-state index in [1.165, 1.54) is 45.6 Å². The van der Waals surface area contributed by atoms with E-state index < -0.39 is 17.3 Å². The van der Waals surface area contributed by atoms with Gasteiger partial charge in [0.15, 0.2) is 11.5 Å². The molecule has 0 aromatic rings. The molecule has 0 amide bonds. The van der Waals surface area contributed by atoms with Gasteiger partial charge in [0.1, 0.15) is 11.5 Å². The number of carbonyl (C=O) groups is 3. The van der Waals surface area contributed by atoms with Gasteiger partial charge in [-0.1, -0.05) is 6.08 Å². The monoisotopic (exact) mass is 316 g/mol. The molecule has 0 saturated carbocycles. The number of ketones is 3. The van der Waals surface area contributed by atoms with E-state index in [1.807, 2.05) is 0 Å². The molecule has 2 aliphatic rings. The minimum Gasteiger partial charge on any atom is -0.496 e. The van der Waals surface area contributed by atoms with E-state index in [4.69, 9.17) is 14.2 Å². The van der Waals surface area contributed by atoms with Gasteiger partial charge >= 0.3 is 0 Å². The number of carbonyl (C=O) groups excluding carboxylic acids is 3. The van der Waals surface area contributed by atoms with E-state index in [1.54, 1.807) is 6.92 Å². The van der Waals surface area contributed by atoms with Crippen molar-refractivity contribution >= 4 is 17.3 Å². The van der Waals surface area contributed by atoms with Gasteiger partial charge in [-0.3, -0.25) is 14.4 Å². The van der Waals surface area contributed by atoms with Crippen LogP contribution in [0, 0.1) is 0 Å². The highest BCUT2D eigenvalue weighted by Crippen LogP contribution is 2.36. The summed E-state index contributed by atoms with van der Waals surface area (Å²) in [6.07, 6.45) is 5.40. The van der Waals surface area contributed by atoms with Gasteiger partial charge in [-0.15, -0.1) is 0 Å². The Morgan fingerprint density at radius 1 is 0.913 bits per heavy atom. The fourth-order valence-corrected chi connectivity index (χ4v) is 2.38. The molecule has 0 unspecified atom stereocenters. The number of allylic oxidation sites excluding steroid dienone is 7. The van der Waals surface area contributed by atoms with Gasteiger partial charge < -0.3 is 14.2 Å². The van der Waals surface area contributed by atoms with Gasteiger partial charge in [0.25, 0.3) is 0 Å². The van der Waals surface area contributed by atoms with Gasteiger partial charge in [-0.2, -0.15) is 0 Å². The van der Waals surface area contributed by atoms with Gasteiger partial charge in [0, 0.05) is 6.08 Å². The third kappa shape index (κ3) is 2.63. The highest BCUT2D eigenvalue weighted by molar-refractivity contribution is 6.35. The summed E-state index contributed by atoms with van der Waals surface area (Å²) in [5, 5.41) is 0. The van der Waals surface area contributed by atoms with Crippen molar-refractivity contribution in [3.63, 3.8) is 0 Å². The second kappa shape index (κ2) is 6.48. The summed E-state index contributed by atoms with van der Waals surface area (Å²) in [6, 6.07) is 0. The quantitative estimate of drug-likeness (QED) is 0.566. The first-order valence-electron chi connectivity index (χ1n) is 6.80. The first-order chi connectivity index (χ1) is 11.0. The lowest BCUT2D eigenvalue weighted by molar-refractivity contribution is -0.119. The summed E-state index contributed by atoms with van der Waals surface area (Å²) in [4.78, 5) is 37.2. The molecule has 0 bridgehead atoms. The Hall–Kier alpha value is -2.89. The molecule has 0 saturated heterocycles. The van der Waals surface area contributed by atoms with Crippen LogP contribution in [0.4, 0.5) is 0 Å². The van der Waals surface area contributed by atoms with E-state index in [0.29, 0.717) is 0 Å². The van der Waals surface area contributed by atoms with Crippen LogP contribution in [0.5, 0.6) is 0 Å². The third-order valence-electron chi connectivity index (χ3n) is 3.45. The minimum absolute atomic E-state index is 0.00510. The number of fused-ring (bicyclic) bond motifs is 1. The van der Waals surface area contributed by atoms with Crippen LogP contribution in [0.25, 0.3) is 0 Å². The van der Waals surface area contributed by atoms with Crippen LogP contribution < -0.4 is 0 Å².